The van der Waals surface area contributed by atoms with Gasteiger partial charge in [0.05, 0.1) is 0 Å². The highest BCUT2D eigenvalue weighted by Gasteiger charge is 2.11. The van der Waals surface area contributed by atoms with E-state index in [4.69, 9.17) is 44.3 Å². The van der Waals surface area contributed by atoms with E-state index in [0.717, 1.165) is 16.7 Å². The predicted molar refractivity (Wildman–Crippen MR) is 152 cm³/mol. The number of thiocarbonyl (C=S) groups is 1. The van der Waals surface area contributed by atoms with E-state index in [1.807, 2.05) is 31.2 Å². The summed E-state index contributed by atoms with van der Waals surface area (Å²) >= 11 is 17.4. The summed E-state index contributed by atoms with van der Waals surface area (Å²) in [6.45, 7) is 2.02. The molecule has 37 heavy (non-hydrogen) atoms. The van der Waals surface area contributed by atoms with E-state index in [0.29, 0.717) is 44.2 Å². The Morgan fingerprint density at radius 3 is 2.54 bits per heavy atom. The van der Waals surface area contributed by atoms with Crippen molar-refractivity contribution in [3.8, 4) is 22.8 Å². The van der Waals surface area contributed by atoms with E-state index in [1.165, 1.54) is 6.08 Å². The number of hydrogen-bond acceptors (Lipinski definition) is 5. The van der Waals surface area contributed by atoms with Crippen molar-refractivity contribution in [2.24, 2.45) is 0 Å². The van der Waals surface area contributed by atoms with Gasteiger partial charge < -0.3 is 14.2 Å². The molecule has 0 aliphatic carbocycles. The highest BCUT2D eigenvalue weighted by Crippen LogP contribution is 2.29. The van der Waals surface area contributed by atoms with Crippen molar-refractivity contribution in [2.75, 3.05) is 5.32 Å². The lowest BCUT2D eigenvalue weighted by molar-refractivity contribution is -0.115. The number of benzene rings is 3. The number of carbonyl (C=O) groups is 1. The second-order valence-electron chi connectivity index (χ2n) is 8.21. The molecule has 5 rings (SSSR count). The molecule has 0 spiro atoms. The third-order valence-electron chi connectivity index (χ3n) is 5.32. The van der Waals surface area contributed by atoms with Gasteiger partial charge in [-0.3, -0.25) is 10.1 Å². The fourth-order valence-electron chi connectivity index (χ4n) is 3.67. The van der Waals surface area contributed by atoms with E-state index >= 15 is 0 Å². The first kappa shape index (κ1) is 24.8. The van der Waals surface area contributed by atoms with Gasteiger partial charge >= 0.3 is 0 Å². The quantitative estimate of drug-likeness (QED) is 0.172. The number of anilines is 1. The number of carbonyl (C=O) groups excluding carboxylic acids is 1. The summed E-state index contributed by atoms with van der Waals surface area (Å²) < 4.78 is 11.6. The van der Waals surface area contributed by atoms with Crippen LogP contribution in [0.5, 0.6) is 0 Å². The molecule has 0 fully saturated rings. The lowest BCUT2D eigenvalue weighted by Gasteiger charge is -2.07. The Balaban J connectivity index is 1.21. The average Bonchev–Trinajstić information content (AvgIpc) is 3.49. The number of hydrogen-bond donors (Lipinski definition) is 2. The number of rotatable bonds is 5. The van der Waals surface area contributed by atoms with E-state index in [9.17, 15) is 4.79 Å². The Labute approximate surface area is 227 Å². The Bertz CT molecular complexity index is 1650. The van der Waals surface area contributed by atoms with Crippen LogP contribution in [0.3, 0.4) is 0 Å². The van der Waals surface area contributed by atoms with Gasteiger partial charge in [0, 0.05) is 32.9 Å². The van der Waals surface area contributed by atoms with Gasteiger partial charge in [0.1, 0.15) is 17.0 Å². The van der Waals surface area contributed by atoms with Gasteiger partial charge in [-0.25, -0.2) is 4.98 Å². The van der Waals surface area contributed by atoms with Crippen LogP contribution in [0.2, 0.25) is 10.0 Å². The van der Waals surface area contributed by atoms with Crippen molar-refractivity contribution in [2.45, 2.75) is 6.92 Å². The number of halogens is 2. The minimum Gasteiger partial charge on any atom is -0.457 e. The number of aryl methyl sites for hydroxylation is 1. The fourth-order valence-corrected chi connectivity index (χ4v) is 4.42. The standard InChI is InChI=1S/C28H19Cl2N3O3S/c1-16-3-2-4-17(11-16)27-32-23-15-21(5-8-25(23)36-27)31-28(37)33-26(34)10-7-22-6-9-24(35-22)18-12-19(29)14-20(30)13-18/h2-15H,1H3,(H2,31,33,34,37)/b10-7+. The van der Waals surface area contributed by atoms with Gasteiger partial charge in [-0.1, -0.05) is 40.9 Å². The molecular formula is C28H19Cl2N3O3S. The van der Waals surface area contributed by atoms with Crippen LogP contribution in [0.25, 0.3) is 40.0 Å². The third-order valence-corrected chi connectivity index (χ3v) is 5.96. The van der Waals surface area contributed by atoms with Crippen LogP contribution in [-0.2, 0) is 4.79 Å². The summed E-state index contributed by atoms with van der Waals surface area (Å²) in [5.41, 5.74) is 4.75. The molecule has 0 saturated carbocycles. The first-order valence-electron chi connectivity index (χ1n) is 11.2. The summed E-state index contributed by atoms with van der Waals surface area (Å²) in [6, 6.07) is 22.0. The largest absolute Gasteiger partial charge is 0.457 e. The Hall–Kier alpha value is -3.91. The molecule has 9 heteroatoms. The molecule has 2 aromatic heterocycles. The molecule has 2 N–H and O–H groups in total. The molecule has 2 heterocycles. The minimum absolute atomic E-state index is 0.144. The van der Waals surface area contributed by atoms with Crippen molar-refractivity contribution < 1.29 is 13.6 Å². The van der Waals surface area contributed by atoms with Crippen molar-refractivity contribution in [3.63, 3.8) is 0 Å². The van der Waals surface area contributed by atoms with Crippen LogP contribution in [0.1, 0.15) is 11.3 Å². The lowest BCUT2D eigenvalue weighted by atomic mass is 10.1. The van der Waals surface area contributed by atoms with Gasteiger partial charge in [0.15, 0.2) is 10.7 Å². The lowest BCUT2D eigenvalue weighted by Crippen LogP contribution is -2.32. The van der Waals surface area contributed by atoms with Crippen molar-refractivity contribution >= 4 is 69.3 Å². The van der Waals surface area contributed by atoms with Crippen LogP contribution in [0, 0.1) is 6.92 Å². The van der Waals surface area contributed by atoms with Crippen LogP contribution >= 0.6 is 35.4 Å². The molecule has 0 bridgehead atoms. The topological polar surface area (TPSA) is 80.3 Å². The number of oxazole rings is 1. The van der Waals surface area contributed by atoms with Crippen molar-refractivity contribution in [1.82, 2.24) is 10.3 Å². The van der Waals surface area contributed by atoms with Gasteiger partial charge in [-0.05, 0) is 85.9 Å². The number of aromatic nitrogens is 1. The highest BCUT2D eigenvalue weighted by molar-refractivity contribution is 7.80. The minimum atomic E-state index is -0.412. The summed E-state index contributed by atoms with van der Waals surface area (Å²) in [5, 5.41) is 6.76. The van der Waals surface area contributed by atoms with Crippen molar-refractivity contribution in [1.29, 1.82) is 0 Å². The fraction of sp³-hybridized carbons (Fsp3) is 0.0357. The maximum absolute atomic E-state index is 12.4. The zero-order valence-electron chi connectivity index (χ0n) is 19.4. The second kappa shape index (κ2) is 10.6. The first-order valence-corrected chi connectivity index (χ1v) is 12.3. The van der Waals surface area contributed by atoms with Crippen LogP contribution in [0.15, 0.2) is 87.7 Å². The van der Waals surface area contributed by atoms with E-state index in [2.05, 4.69) is 15.6 Å². The average molecular weight is 548 g/mol. The number of nitrogens with zero attached hydrogens (tertiary/aromatic N) is 1. The molecule has 6 nitrogen and oxygen atoms in total. The van der Waals surface area contributed by atoms with Crippen LogP contribution < -0.4 is 10.6 Å². The Morgan fingerprint density at radius 2 is 1.76 bits per heavy atom. The summed E-state index contributed by atoms with van der Waals surface area (Å²) in [5.74, 6) is 1.19. The van der Waals surface area contributed by atoms with Gasteiger partial charge in [-0.2, -0.15) is 0 Å². The maximum Gasteiger partial charge on any atom is 0.250 e. The molecule has 0 radical (unpaired) electrons. The molecule has 5 aromatic rings. The van der Waals surface area contributed by atoms with E-state index < -0.39 is 5.91 Å². The SMILES string of the molecule is Cc1cccc(-c2nc3cc(NC(=S)NC(=O)/C=C/c4ccc(-c5cc(Cl)cc(Cl)c5)o4)ccc3o2)c1. The number of nitrogens with one attached hydrogen (secondary N) is 2. The van der Waals surface area contributed by atoms with Crippen molar-refractivity contribution in [3.05, 3.63) is 100 Å². The Kier molecular flexibility index (Phi) is 7.10. The summed E-state index contributed by atoms with van der Waals surface area (Å²) in [4.78, 5) is 16.9. The normalized spacial score (nSPS) is 11.2. The van der Waals surface area contributed by atoms with Crippen LogP contribution in [-0.4, -0.2) is 16.0 Å². The van der Waals surface area contributed by atoms with E-state index in [1.54, 1.807) is 54.6 Å². The zero-order chi connectivity index (χ0) is 25.9. The molecule has 0 atom stereocenters. The Morgan fingerprint density at radius 1 is 0.946 bits per heavy atom. The first-order chi connectivity index (χ1) is 17.8. The molecule has 0 saturated heterocycles. The summed E-state index contributed by atoms with van der Waals surface area (Å²) in [6.07, 6.45) is 2.87. The monoisotopic (exact) mass is 547 g/mol. The van der Waals surface area contributed by atoms with Gasteiger partial charge in [0.2, 0.25) is 11.8 Å². The zero-order valence-corrected chi connectivity index (χ0v) is 21.7. The smallest absolute Gasteiger partial charge is 0.250 e. The van der Waals surface area contributed by atoms with Crippen LogP contribution in [0.4, 0.5) is 5.69 Å². The van der Waals surface area contributed by atoms with Gasteiger partial charge in [-0.15, -0.1) is 0 Å². The van der Waals surface area contributed by atoms with E-state index in [-0.39, 0.29) is 5.11 Å². The molecular weight excluding hydrogens is 529 g/mol. The number of furan rings is 1. The molecule has 0 aliphatic heterocycles. The predicted octanol–water partition coefficient (Wildman–Crippen LogP) is 7.90. The molecule has 3 aromatic carbocycles. The molecule has 1 amide bonds. The molecule has 184 valence electrons. The second-order valence-corrected chi connectivity index (χ2v) is 9.49. The molecule has 0 aliphatic rings. The highest BCUT2D eigenvalue weighted by atomic mass is 35.5. The third kappa shape index (κ3) is 6.09. The molecule has 0 unspecified atom stereocenters. The number of amides is 1. The number of fused-ring (bicyclic) bond motifs is 1. The maximum atomic E-state index is 12.4. The summed E-state index contributed by atoms with van der Waals surface area (Å²) in [7, 11) is 0. The van der Waals surface area contributed by atoms with Gasteiger partial charge in [0.25, 0.3) is 0 Å².